The van der Waals surface area contributed by atoms with Gasteiger partial charge in [0.1, 0.15) is 5.78 Å². The topological polar surface area (TPSA) is 43.4 Å². The molecule has 0 aliphatic heterocycles. The Morgan fingerprint density at radius 3 is 2.71 bits per heavy atom. The van der Waals surface area contributed by atoms with Gasteiger partial charge in [0.25, 0.3) is 0 Å². The quantitative estimate of drug-likeness (QED) is 0.543. The molecule has 1 fully saturated rings. The van der Waals surface area contributed by atoms with Crippen molar-refractivity contribution >= 4 is 11.8 Å². The lowest BCUT2D eigenvalue weighted by Gasteiger charge is -2.20. The Bertz CT molecular complexity index is 304. The number of ether oxygens (including phenoxy) is 1. The molecule has 0 heterocycles. The summed E-state index contributed by atoms with van der Waals surface area (Å²) in [7, 11) is 0. The van der Waals surface area contributed by atoms with Crippen LogP contribution in [0.25, 0.3) is 0 Å². The van der Waals surface area contributed by atoms with E-state index in [1.165, 1.54) is 0 Å². The Balaban J connectivity index is 2.29. The molecule has 0 N–H and O–H groups in total. The van der Waals surface area contributed by atoms with Crippen LogP contribution in [0, 0.1) is 24.2 Å². The maximum absolute atomic E-state index is 11.7. The summed E-state index contributed by atoms with van der Waals surface area (Å²) in [6.45, 7) is 2.44. The van der Waals surface area contributed by atoms with Gasteiger partial charge in [-0.25, -0.2) is 0 Å². The molecule has 0 radical (unpaired) electrons. The first-order chi connectivity index (χ1) is 8.17. The Kier molecular flexibility index (Phi) is 5.76. The van der Waals surface area contributed by atoms with Crippen molar-refractivity contribution in [3.8, 4) is 12.3 Å². The van der Waals surface area contributed by atoms with E-state index in [4.69, 9.17) is 11.2 Å². The molecule has 1 saturated carbocycles. The van der Waals surface area contributed by atoms with Crippen LogP contribution in [0.5, 0.6) is 0 Å². The van der Waals surface area contributed by atoms with Crippen LogP contribution in [0.4, 0.5) is 0 Å². The van der Waals surface area contributed by atoms with Gasteiger partial charge >= 0.3 is 5.97 Å². The van der Waals surface area contributed by atoms with Crippen molar-refractivity contribution in [2.45, 2.75) is 45.4 Å². The number of ketones is 1. The number of esters is 1. The van der Waals surface area contributed by atoms with Gasteiger partial charge in [-0.15, -0.1) is 12.3 Å². The Morgan fingerprint density at radius 1 is 1.53 bits per heavy atom. The van der Waals surface area contributed by atoms with E-state index < -0.39 is 0 Å². The summed E-state index contributed by atoms with van der Waals surface area (Å²) in [4.78, 5) is 22.8. The lowest BCUT2D eigenvalue weighted by atomic mass is 9.88. The smallest absolute Gasteiger partial charge is 0.308 e. The second-order valence-corrected chi connectivity index (χ2v) is 4.63. The van der Waals surface area contributed by atoms with Crippen LogP contribution >= 0.6 is 0 Å². The molecule has 17 heavy (non-hydrogen) atoms. The minimum Gasteiger partial charge on any atom is -0.465 e. The summed E-state index contributed by atoms with van der Waals surface area (Å²) in [5.74, 6) is 2.86. The monoisotopic (exact) mass is 236 g/mol. The van der Waals surface area contributed by atoms with Gasteiger partial charge in [0, 0.05) is 25.2 Å². The van der Waals surface area contributed by atoms with Gasteiger partial charge in [0.2, 0.25) is 0 Å². The highest BCUT2D eigenvalue weighted by Gasteiger charge is 2.26. The average molecular weight is 236 g/mol. The molecule has 1 unspecified atom stereocenters. The Morgan fingerprint density at radius 2 is 2.18 bits per heavy atom. The zero-order chi connectivity index (χ0) is 12.7. The third-order valence-corrected chi connectivity index (χ3v) is 3.32. The molecule has 0 aromatic rings. The zero-order valence-electron chi connectivity index (χ0n) is 10.4. The Hall–Kier alpha value is -1.30. The first-order valence-corrected chi connectivity index (χ1v) is 6.29. The standard InChI is InChI=1S/C14H20O3/c1-3-5-11(4-2)10-17-14(16)12-6-8-13(15)9-7-12/h1,11-12H,4-10H2,2H3. The molecular formula is C14H20O3. The molecule has 0 saturated heterocycles. The predicted molar refractivity (Wildman–Crippen MR) is 65.2 cm³/mol. The van der Waals surface area contributed by atoms with Crippen molar-refractivity contribution in [2.75, 3.05) is 6.61 Å². The summed E-state index contributed by atoms with van der Waals surface area (Å²) in [5, 5.41) is 0. The van der Waals surface area contributed by atoms with Crippen LogP contribution in [-0.4, -0.2) is 18.4 Å². The minimum atomic E-state index is -0.159. The number of terminal acetylenes is 1. The van der Waals surface area contributed by atoms with Crippen LogP contribution < -0.4 is 0 Å². The fourth-order valence-electron chi connectivity index (χ4n) is 1.98. The molecule has 0 spiro atoms. The SMILES string of the molecule is C#CCC(CC)COC(=O)C1CCC(=O)CC1. The van der Waals surface area contributed by atoms with E-state index in [2.05, 4.69) is 5.92 Å². The maximum Gasteiger partial charge on any atom is 0.308 e. The molecule has 94 valence electrons. The van der Waals surface area contributed by atoms with Crippen molar-refractivity contribution in [1.29, 1.82) is 0 Å². The number of hydrogen-bond donors (Lipinski definition) is 0. The molecule has 0 aromatic carbocycles. The van der Waals surface area contributed by atoms with Crippen LogP contribution in [0.15, 0.2) is 0 Å². The van der Waals surface area contributed by atoms with Crippen molar-refractivity contribution < 1.29 is 14.3 Å². The van der Waals surface area contributed by atoms with Gasteiger partial charge in [-0.3, -0.25) is 9.59 Å². The molecular weight excluding hydrogens is 216 g/mol. The third kappa shape index (κ3) is 4.60. The number of carbonyl (C=O) groups is 2. The summed E-state index contributed by atoms with van der Waals surface area (Å²) in [5.41, 5.74) is 0. The lowest BCUT2D eigenvalue weighted by Crippen LogP contribution is -2.25. The first-order valence-electron chi connectivity index (χ1n) is 6.29. The Labute approximate surface area is 103 Å². The normalized spacial score (nSPS) is 18.5. The maximum atomic E-state index is 11.7. The minimum absolute atomic E-state index is 0.0870. The number of rotatable bonds is 5. The second kappa shape index (κ2) is 7.11. The van der Waals surface area contributed by atoms with Crippen molar-refractivity contribution in [3.05, 3.63) is 0 Å². The van der Waals surface area contributed by atoms with Crippen LogP contribution in [0.3, 0.4) is 0 Å². The molecule has 0 bridgehead atoms. The molecule has 0 amide bonds. The summed E-state index contributed by atoms with van der Waals surface area (Å²) in [6, 6.07) is 0. The molecule has 3 nitrogen and oxygen atoms in total. The van der Waals surface area contributed by atoms with Gasteiger partial charge in [0.15, 0.2) is 0 Å². The van der Waals surface area contributed by atoms with Crippen molar-refractivity contribution in [3.63, 3.8) is 0 Å². The predicted octanol–water partition coefficient (Wildman–Crippen LogP) is 2.34. The molecule has 1 rings (SSSR count). The molecule has 0 aromatic heterocycles. The average Bonchev–Trinajstić information content (AvgIpc) is 2.35. The molecule has 1 atom stereocenters. The third-order valence-electron chi connectivity index (χ3n) is 3.32. The van der Waals surface area contributed by atoms with E-state index in [0.29, 0.717) is 38.7 Å². The van der Waals surface area contributed by atoms with Gasteiger partial charge in [0.05, 0.1) is 12.5 Å². The number of hydrogen-bond acceptors (Lipinski definition) is 3. The summed E-state index contributed by atoms with van der Waals surface area (Å²) >= 11 is 0. The van der Waals surface area contributed by atoms with Gasteiger partial charge < -0.3 is 4.74 Å². The van der Waals surface area contributed by atoms with Gasteiger partial charge in [-0.05, 0) is 19.3 Å². The fraction of sp³-hybridized carbons (Fsp3) is 0.714. The summed E-state index contributed by atoms with van der Waals surface area (Å²) < 4.78 is 5.28. The summed E-state index contributed by atoms with van der Waals surface area (Å²) in [6.07, 6.45) is 9.12. The van der Waals surface area contributed by atoms with E-state index in [-0.39, 0.29) is 23.6 Å². The number of carbonyl (C=O) groups excluding carboxylic acids is 2. The van der Waals surface area contributed by atoms with Gasteiger partial charge in [-0.1, -0.05) is 6.92 Å². The van der Waals surface area contributed by atoms with E-state index in [1.807, 2.05) is 6.92 Å². The van der Waals surface area contributed by atoms with E-state index in [0.717, 1.165) is 6.42 Å². The highest BCUT2D eigenvalue weighted by atomic mass is 16.5. The van der Waals surface area contributed by atoms with Crippen LogP contribution in [0.2, 0.25) is 0 Å². The molecule has 1 aliphatic carbocycles. The number of Topliss-reactive ketones (excluding diaryl/α,β-unsaturated/α-hetero) is 1. The van der Waals surface area contributed by atoms with Gasteiger partial charge in [-0.2, -0.15) is 0 Å². The van der Waals surface area contributed by atoms with Crippen molar-refractivity contribution in [1.82, 2.24) is 0 Å². The first kappa shape index (κ1) is 13.8. The van der Waals surface area contributed by atoms with E-state index in [1.54, 1.807) is 0 Å². The largest absolute Gasteiger partial charge is 0.465 e. The van der Waals surface area contributed by atoms with Crippen LogP contribution in [-0.2, 0) is 14.3 Å². The van der Waals surface area contributed by atoms with Crippen LogP contribution in [0.1, 0.15) is 45.4 Å². The van der Waals surface area contributed by atoms with E-state index in [9.17, 15) is 9.59 Å². The zero-order valence-corrected chi connectivity index (χ0v) is 10.4. The molecule has 3 heteroatoms. The molecule has 1 aliphatic rings. The highest BCUT2D eigenvalue weighted by molar-refractivity contribution is 5.82. The van der Waals surface area contributed by atoms with E-state index >= 15 is 0 Å². The van der Waals surface area contributed by atoms with Crippen molar-refractivity contribution in [2.24, 2.45) is 11.8 Å². The second-order valence-electron chi connectivity index (χ2n) is 4.63. The fourth-order valence-corrected chi connectivity index (χ4v) is 1.98. The highest BCUT2D eigenvalue weighted by Crippen LogP contribution is 2.23. The lowest BCUT2D eigenvalue weighted by molar-refractivity contribution is -0.151.